The first-order valence-electron chi connectivity index (χ1n) is 5.99. The predicted octanol–water partition coefficient (Wildman–Crippen LogP) is -1.17. The Morgan fingerprint density at radius 2 is 1.79 bits per heavy atom. The van der Waals surface area contributed by atoms with Gasteiger partial charge in [-0.25, -0.2) is 4.79 Å². The van der Waals surface area contributed by atoms with E-state index in [2.05, 4.69) is 16.0 Å². The topological polar surface area (TPSA) is 111 Å². The molecule has 0 rings (SSSR count). The van der Waals surface area contributed by atoms with E-state index in [1.165, 1.54) is 0 Å². The van der Waals surface area contributed by atoms with Gasteiger partial charge < -0.3 is 26.0 Å². The molecule has 19 heavy (non-hydrogen) atoms. The van der Waals surface area contributed by atoms with Gasteiger partial charge in [0.1, 0.15) is 6.54 Å². The van der Waals surface area contributed by atoms with Gasteiger partial charge in [-0.2, -0.15) is 0 Å². The lowest BCUT2D eigenvalue weighted by Gasteiger charge is -2.17. The van der Waals surface area contributed by atoms with Crippen LogP contribution >= 0.6 is 0 Å². The van der Waals surface area contributed by atoms with Crippen molar-refractivity contribution < 1.29 is 19.5 Å². The number of hydrogen-bond donors (Lipinski definition) is 4. The van der Waals surface area contributed by atoms with Gasteiger partial charge in [0.05, 0.1) is 6.54 Å². The van der Waals surface area contributed by atoms with Gasteiger partial charge in [0.15, 0.2) is 0 Å². The van der Waals surface area contributed by atoms with Gasteiger partial charge in [0.2, 0.25) is 5.91 Å². The number of nitrogens with one attached hydrogen (secondary N) is 3. The summed E-state index contributed by atoms with van der Waals surface area (Å²) in [6, 6.07) is -0.457. The van der Waals surface area contributed by atoms with E-state index in [0.29, 0.717) is 0 Å². The third-order valence-electron chi connectivity index (χ3n) is 2.23. The largest absolute Gasteiger partial charge is 0.480 e. The van der Waals surface area contributed by atoms with Crippen molar-refractivity contribution in [2.24, 2.45) is 0 Å². The summed E-state index contributed by atoms with van der Waals surface area (Å²) in [6.07, 6.45) is 0.797. The number of rotatable bonds is 8. The summed E-state index contributed by atoms with van der Waals surface area (Å²) in [5.74, 6) is -1.67. The number of nitrogens with zero attached hydrogens (tertiary/aromatic N) is 1. The second-order valence-corrected chi connectivity index (χ2v) is 4.49. The lowest BCUT2D eigenvalue weighted by Crippen LogP contribution is -2.46. The van der Waals surface area contributed by atoms with Gasteiger partial charge in [-0.15, -0.1) is 0 Å². The summed E-state index contributed by atoms with van der Waals surface area (Å²) >= 11 is 0. The van der Waals surface area contributed by atoms with Gasteiger partial charge in [-0.1, -0.05) is 0 Å². The number of carboxylic acid groups (broad SMARTS) is 1. The van der Waals surface area contributed by atoms with E-state index in [-0.39, 0.29) is 12.6 Å². The Labute approximate surface area is 112 Å². The van der Waals surface area contributed by atoms with E-state index >= 15 is 0 Å². The first-order valence-corrected chi connectivity index (χ1v) is 5.99. The molecule has 1 atom stereocenters. The first-order chi connectivity index (χ1) is 8.81. The molecule has 8 nitrogen and oxygen atoms in total. The van der Waals surface area contributed by atoms with Crippen molar-refractivity contribution in [3.8, 4) is 0 Å². The zero-order valence-electron chi connectivity index (χ0n) is 11.5. The van der Waals surface area contributed by atoms with E-state index < -0.39 is 24.5 Å². The maximum Gasteiger partial charge on any atom is 0.322 e. The van der Waals surface area contributed by atoms with Crippen LogP contribution < -0.4 is 16.0 Å². The zero-order valence-corrected chi connectivity index (χ0v) is 11.5. The number of carbonyl (C=O) groups is 3. The third kappa shape index (κ3) is 11.0. The zero-order chi connectivity index (χ0) is 14.8. The van der Waals surface area contributed by atoms with E-state index in [0.717, 1.165) is 13.0 Å². The van der Waals surface area contributed by atoms with Crippen LogP contribution in [0.2, 0.25) is 0 Å². The molecule has 110 valence electrons. The van der Waals surface area contributed by atoms with E-state index in [9.17, 15) is 14.4 Å². The average Bonchev–Trinajstić information content (AvgIpc) is 2.31. The highest BCUT2D eigenvalue weighted by molar-refractivity contribution is 5.86. The Balaban J connectivity index is 3.74. The van der Waals surface area contributed by atoms with Crippen LogP contribution in [0, 0.1) is 0 Å². The van der Waals surface area contributed by atoms with Gasteiger partial charge >= 0.3 is 12.0 Å². The summed E-state index contributed by atoms with van der Waals surface area (Å²) < 4.78 is 0. The number of urea groups is 1. The molecule has 0 aliphatic heterocycles. The van der Waals surface area contributed by atoms with Crippen molar-refractivity contribution in [1.29, 1.82) is 0 Å². The van der Waals surface area contributed by atoms with Crippen LogP contribution in [0.1, 0.15) is 13.3 Å². The highest BCUT2D eigenvalue weighted by Crippen LogP contribution is 1.91. The fourth-order valence-corrected chi connectivity index (χ4v) is 1.20. The van der Waals surface area contributed by atoms with E-state index in [1.54, 1.807) is 0 Å². The summed E-state index contributed by atoms with van der Waals surface area (Å²) in [7, 11) is 3.89. The van der Waals surface area contributed by atoms with Crippen LogP contribution in [0.3, 0.4) is 0 Å². The number of carbonyl (C=O) groups excluding carboxylic acids is 2. The number of amides is 3. The summed E-state index contributed by atoms with van der Waals surface area (Å²) in [4.78, 5) is 34.7. The lowest BCUT2D eigenvalue weighted by atomic mass is 10.2. The van der Waals surface area contributed by atoms with Crippen molar-refractivity contribution in [2.75, 3.05) is 33.7 Å². The average molecular weight is 274 g/mol. The fraction of sp³-hybridized carbons (Fsp3) is 0.727. The molecule has 0 heterocycles. The van der Waals surface area contributed by atoms with Gasteiger partial charge in [-0.3, -0.25) is 9.59 Å². The van der Waals surface area contributed by atoms with Crippen molar-refractivity contribution in [3.05, 3.63) is 0 Å². The normalized spacial score (nSPS) is 11.8. The molecule has 0 saturated carbocycles. The number of hydrogen-bond acceptors (Lipinski definition) is 4. The predicted molar refractivity (Wildman–Crippen MR) is 69.8 cm³/mol. The van der Waals surface area contributed by atoms with Crippen LogP contribution in [0.4, 0.5) is 4.79 Å². The second kappa shape index (κ2) is 9.15. The Morgan fingerprint density at radius 1 is 1.16 bits per heavy atom. The molecule has 4 N–H and O–H groups in total. The molecule has 8 heteroatoms. The molecule has 0 aliphatic carbocycles. The molecule has 0 spiro atoms. The van der Waals surface area contributed by atoms with E-state index in [4.69, 9.17) is 5.11 Å². The van der Waals surface area contributed by atoms with E-state index in [1.807, 2.05) is 25.9 Å². The van der Waals surface area contributed by atoms with Gasteiger partial charge in [0, 0.05) is 6.04 Å². The second-order valence-electron chi connectivity index (χ2n) is 4.49. The molecule has 3 amide bonds. The standard InChI is InChI=1S/C11H22N4O4/c1-8(4-5-15(2)3)14-11(19)13-6-9(16)12-7-10(17)18/h8H,4-7H2,1-3H3,(H,12,16)(H,17,18)(H2,13,14,19). The molecular formula is C11H22N4O4. The lowest BCUT2D eigenvalue weighted by molar-refractivity contribution is -0.137. The molecule has 0 fully saturated rings. The first kappa shape index (κ1) is 17.2. The minimum atomic E-state index is -1.13. The Morgan fingerprint density at radius 3 is 2.32 bits per heavy atom. The highest BCUT2D eigenvalue weighted by atomic mass is 16.4. The van der Waals surface area contributed by atoms with Crippen LogP contribution in [0.5, 0.6) is 0 Å². The molecule has 0 aromatic heterocycles. The van der Waals surface area contributed by atoms with Gasteiger partial charge in [0.25, 0.3) is 0 Å². The summed E-state index contributed by atoms with van der Waals surface area (Å²) in [6.45, 7) is 2.01. The minimum Gasteiger partial charge on any atom is -0.480 e. The molecule has 1 unspecified atom stereocenters. The Kier molecular flexibility index (Phi) is 8.27. The molecule has 0 aliphatic rings. The highest BCUT2D eigenvalue weighted by Gasteiger charge is 2.09. The summed E-state index contributed by atoms with van der Waals surface area (Å²) in [5.41, 5.74) is 0. The molecule has 0 aromatic rings. The van der Waals surface area contributed by atoms with Crippen molar-refractivity contribution >= 4 is 17.9 Å². The minimum absolute atomic E-state index is 0.00974. The van der Waals surface area contributed by atoms with Crippen LogP contribution in [-0.4, -0.2) is 67.7 Å². The Bertz CT molecular complexity index is 320. The molecule has 0 aromatic carbocycles. The Hall–Kier alpha value is -1.83. The third-order valence-corrected chi connectivity index (χ3v) is 2.23. The van der Waals surface area contributed by atoms with Crippen LogP contribution in [0.15, 0.2) is 0 Å². The number of aliphatic carboxylic acids is 1. The molecular weight excluding hydrogens is 252 g/mol. The fourth-order valence-electron chi connectivity index (χ4n) is 1.20. The molecule has 0 bridgehead atoms. The smallest absolute Gasteiger partial charge is 0.322 e. The van der Waals surface area contributed by atoms with Crippen LogP contribution in [0.25, 0.3) is 0 Å². The maximum atomic E-state index is 11.4. The summed E-state index contributed by atoms with van der Waals surface area (Å²) in [5, 5.41) is 15.5. The maximum absolute atomic E-state index is 11.4. The van der Waals surface area contributed by atoms with Crippen molar-refractivity contribution in [3.63, 3.8) is 0 Å². The quantitative estimate of drug-likeness (QED) is 0.445. The monoisotopic (exact) mass is 274 g/mol. The molecule has 0 saturated heterocycles. The van der Waals surface area contributed by atoms with Crippen molar-refractivity contribution in [1.82, 2.24) is 20.9 Å². The SMILES string of the molecule is CC(CCN(C)C)NC(=O)NCC(=O)NCC(=O)O. The number of carboxylic acids is 1. The van der Waals surface area contributed by atoms with Gasteiger partial charge in [-0.05, 0) is 34.0 Å². The molecule has 0 radical (unpaired) electrons. The van der Waals surface area contributed by atoms with Crippen molar-refractivity contribution in [2.45, 2.75) is 19.4 Å². The van der Waals surface area contributed by atoms with Crippen LogP contribution in [-0.2, 0) is 9.59 Å².